The number of cyclic esters (lactones) is 2. The van der Waals surface area contributed by atoms with E-state index in [2.05, 4.69) is 144 Å². The fraction of sp³-hybridized carbons (Fsp3) is 0.269. The summed E-state index contributed by atoms with van der Waals surface area (Å²) in [6.07, 6.45) is 6.95. The van der Waals surface area contributed by atoms with Gasteiger partial charge in [0.05, 0.1) is 11.1 Å². The highest BCUT2D eigenvalue weighted by Gasteiger charge is 2.53. The predicted molar refractivity (Wildman–Crippen MR) is 233 cm³/mol. The molecule has 0 fully saturated rings. The van der Waals surface area contributed by atoms with Gasteiger partial charge < -0.3 is 14.0 Å². The first-order valence-electron chi connectivity index (χ1n) is 20.6. The zero-order valence-electron chi connectivity index (χ0n) is 35.3. The van der Waals surface area contributed by atoms with Gasteiger partial charge in [0.15, 0.2) is 0 Å². The second-order valence-corrected chi connectivity index (χ2v) is 16.2. The number of ether oxygens (including phenoxy) is 2. The number of esters is 2. The van der Waals surface area contributed by atoms with Gasteiger partial charge in [-0.05, 0) is 102 Å². The number of fused-ring (bicyclic) bond motifs is 3. The molecule has 7 aromatic rings. The Balaban J connectivity index is 0.000000169. The van der Waals surface area contributed by atoms with Crippen LogP contribution in [0.4, 0.5) is 0 Å². The van der Waals surface area contributed by atoms with Crippen molar-refractivity contribution in [3.05, 3.63) is 199 Å². The van der Waals surface area contributed by atoms with Gasteiger partial charge in [-0.1, -0.05) is 109 Å². The average Bonchev–Trinajstić information content (AvgIpc) is 3.79. The second kappa shape index (κ2) is 15.4. The monoisotopic (exact) mass is 781 g/mol. The minimum atomic E-state index is -1.08. The van der Waals surface area contributed by atoms with E-state index in [-0.39, 0.29) is 11.9 Å². The third kappa shape index (κ3) is 6.44. The predicted octanol–water partition coefficient (Wildman–Crippen LogP) is 11.4. The van der Waals surface area contributed by atoms with Crippen molar-refractivity contribution in [1.29, 1.82) is 0 Å². The van der Waals surface area contributed by atoms with Gasteiger partial charge in [0.2, 0.25) is 11.2 Å². The summed E-state index contributed by atoms with van der Waals surface area (Å²) in [7, 11) is 0. The fourth-order valence-corrected chi connectivity index (χ4v) is 9.49. The standard InChI is InChI=1S/C29H30N2O2.C23H21NO2/c1-5-6-9-17-31-21(4)26(22-11-7-8-13-25(22)31)29(24-15-14-19(2)18-20(24)3)27-23(28(32)33-29)12-10-16-30-27;1-14-7-9-19(16(3)12-14)23(20-10-8-15(2)13-17(20)4)21-18(22(25)26-23)6-5-11-24-21/h7-8,10-16,18H,5-6,9,17H2,1-4H3;5-13H,1-4H3. The van der Waals surface area contributed by atoms with Gasteiger partial charge in [-0.15, -0.1) is 0 Å². The van der Waals surface area contributed by atoms with Crippen molar-refractivity contribution in [2.45, 2.75) is 92.4 Å². The normalized spacial score (nSPS) is 16.3. The van der Waals surface area contributed by atoms with Crippen molar-refractivity contribution in [3.8, 4) is 0 Å². The molecule has 1 atom stereocenters. The Morgan fingerprint density at radius 3 is 1.54 bits per heavy atom. The van der Waals surface area contributed by atoms with E-state index < -0.39 is 11.2 Å². The van der Waals surface area contributed by atoms with Crippen LogP contribution in [-0.2, 0) is 27.2 Å². The van der Waals surface area contributed by atoms with Crippen LogP contribution in [-0.4, -0.2) is 26.5 Å². The third-order valence-corrected chi connectivity index (χ3v) is 12.1. The molecule has 7 heteroatoms. The van der Waals surface area contributed by atoms with E-state index in [1.807, 2.05) is 6.07 Å². The van der Waals surface area contributed by atoms with Crippen LogP contribution in [0.2, 0.25) is 0 Å². The molecule has 0 aliphatic carbocycles. The summed E-state index contributed by atoms with van der Waals surface area (Å²) in [5, 5.41) is 1.11. The number of unbranched alkanes of at least 4 members (excludes halogenated alkanes) is 2. The lowest BCUT2D eigenvalue weighted by atomic mass is 9.78. The molecule has 298 valence electrons. The average molecular weight is 782 g/mol. The molecule has 0 spiro atoms. The Morgan fingerprint density at radius 2 is 1.03 bits per heavy atom. The van der Waals surface area contributed by atoms with E-state index in [1.54, 1.807) is 30.6 Å². The van der Waals surface area contributed by atoms with Crippen LogP contribution in [0.25, 0.3) is 10.9 Å². The number of pyridine rings is 2. The molecule has 0 N–H and O–H groups in total. The SMILES string of the molecule is CCCCCn1c(C)c(C2(c3ccc(C)cc3C)OC(=O)c3cccnc32)c2ccccc21.Cc1ccc(C2(c3ccc(C)cc3C)OC(=O)c3cccnc32)c(C)c1. The lowest BCUT2D eigenvalue weighted by molar-refractivity contribution is 0.0232. The molecule has 4 aromatic carbocycles. The molecule has 0 amide bonds. The third-order valence-electron chi connectivity index (χ3n) is 12.1. The number of rotatable bonds is 8. The molecular weight excluding hydrogens is 731 g/mol. The van der Waals surface area contributed by atoms with Crippen LogP contribution in [0.5, 0.6) is 0 Å². The molecule has 0 radical (unpaired) electrons. The molecule has 3 aromatic heterocycles. The van der Waals surface area contributed by atoms with Gasteiger partial charge >= 0.3 is 11.9 Å². The molecule has 0 saturated carbocycles. The Bertz CT molecular complexity index is 2730. The summed E-state index contributed by atoms with van der Waals surface area (Å²) in [4.78, 5) is 35.3. The summed E-state index contributed by atoms with van der Waals surface area (Å²) in [5.41, 5.74) is 13.3. The fourth-order valence-electron chi connectivity index (χ4n) is 9.49. The molecule has 0 saturated heterocycles. The van der Waals surface area contributed by atoms with E-state index >= 15 is 0 Å². The molecule has 7 nitrogen and oxygen atoms in total. The zero-order chi connectivity index (χ0) is 41.6. The van der Waals surface area contributed by atoms with Crippen LogP contribution in [0.15, 0.2) is 116 Å². The number of carbonyl (C=O) groups excluding carboxylic acids is 2. The molecule has 2 aliphatic heterocycles. The minimum Gasteiger partial charge on any atom is -0.439 e. The first-order chi connectivity index (χ1) is 28.4. The number of nitrogens with zero attached hydrogens (tertiary/aromatic N) is 3. The van der Waals surface area contributed by atoms with Crippen LogP contribution < -0.4 is 0 Å². The summed E-state index contributed by atoms with van der Waals surface area (Å²) in [6.45, 7) is 17.7. The summed E-state index contributed by atoms with van der Waals surface area (Å²) in [6, 6.07) is 34.5. The van der Waals surface area contributed by atoms with E-state index in [0.29, 0.717) is 22.5 Å². The molecule has 5 heterocycles. The van der Waals surface area contributed by atoms with Crippen molar-refractivity contribution in [1.82, 2.24) is 14.5 Å². The Labute approximate surface area is 347 Å². The smallest absolute Gasteiger partial charge is 0.341 e. The number of aryl methyl sites for hydroxylation is 7. The molecule has 1 unspecified atom stereocenters. The van der Waals surface area contributed by atoms with Gasteiger partial charge in [0.25, 0.3) is 0 Å². The number of aromatic nitrogens is 3. The van der Waals surface area contributed by atoms with E-state index in [0.717, 1.165) is 63.0 Å². The van der Waals surface area contributed by atoms with Crippen molar-refractivity contribution in [2.75, 3.05) is 0 Å². The van der Waals surface area contributed by atoms with Gasteiger partial charge in [0, 0.05) is 57.8 Å². The molecule has 9 rings (SSSR count). The maximum Gasteiger partial charge on any atom is 0.341 e. The number of carbonyl (C=O) groups is 2. The lowest BCUT2D eigenvalue weighted by Crippen LogP contribution is -2.32. The number of hydrogen-bond acceptors (Lipinski definition) is 6. The van der Waals surface area contributed by atoms with Gasteiger partial charge in [0.1, 0.15) is 11.4 Å². The van der Waals surface area contributed by atoms with Crippen LogP contribution in [0.3, 0.4) is 0 Å². The Hall–Kier alpha value is -6.34. The van der Waals surface area contributed by atoms with E-state index in [4.69, 9.17) is 14.5 Å². The number of benzene rings is 4. The van der Waals surface area contributed by atoms with Crippen molar-refractivity contribution in [3.63, 3.8) is 0 Å². The maximum atomic E-state index is 13.2. The molecule has 0 bridgehead atoms. The van der Waals surface area contributed by atoms with Crippen molar-refractivity contribution >= 4 is 22.8 Å². The Morgan fingerprint density at radius 1 is 0.559 bits per heavy atom. The van der Waals surface area contributed by atoms with Crippen LogP contribution in [0, 0.1) is 48.5 Å². The van der Waals surface area contributed by atoms with E-state index in [9.17, 15) is 9.59 Å². The van der Waals surface area contributed by atoms with Crippen molar-refractivity contribution < 1.29 is 19.1 Å². The highest BCUT2D eigenvalue weighted by Crippen LogP contribution is 2.51. The molecular formula is C52H51N3O4. The van der Waals surface area contributed by atoms with Gasteiger partial charge in [-0.3, -0.25) is 9.97 Å². The second-order valence-electron chi connectivity index (χ2n) is 16.2. The van der Waals surface area contributed by atoms with Gasteiger partial charge in [-0.25, -0.2) is 9.59 Å². The topological polar surface area (TPSA) is 83.3 Å². The summed E-state index contributed by atoms with van der Waals surface area (Å²) >= 11 is 0. The minimum absolute atomic E-state index is 0.319. The summed E-state index contributed by atoms with van der Waals surface area (Å²) < 4.78 is 14.9. The van der Waals surface area contributed by atoms with E-state index in [1.165, 1.54) is 35.0 Å². The van der Waals surface area contributed by atoms with Crippen molar-refractivity contribution in [2.24, 2.45) is 0 Å². The van der Waals surface area contributed by atoms with Gasteiger partial charge in [-0.2, -0.15) is 0 Å². The zero-order valence-corrected chi connectivity index (χ0v) is 35.3. The first kappa shape index (κ1) is 39.5. The largest absolute Gasteiger partial charge is 0.439 e. The molecule has 59 heavy (non-hydrogen) atoms. The quantitative estimate of drug-likeness (QED) is 0.113. The van der Waals surface area contributed by atoms with Crippen LogP contribution >= 0.6 is 0 Å². The highest BCUT2D eigenvalue weighted by molar-refractivity contribution is 5.98. The van der Waals surface area contributed by atoms with Crippen LogP contribution in [0.1, 0.15) is 120 Å². The maximum absolute atomic E-state index is 13.2. The first-order valence-corrected chi connectivity index (χ1v) is 20.6. The highest BCUT2D eigenvalue weighted by atomic mass is 16.6. The number of para-hydroxylation sites is 1. The lowest BCUT2D eigenvalue weighted by Gasteiger charge is -2.32. The summed E-state index contributed by atoms with van der Waals surface area (Å²) in [5.74, 6) is -0.645. The molecule has 2 aliphatic rings. The number of hydrogen-bond donors (Lipinski definition) is 0. The Kier molecular flexibility index (Phi) is 10.3.